The number of ketones is 1. The first-order chi connectivity index (χ1) is 11.3. The molecule has 1 aromatic rings. The highest BCUT2D eigenvalue weighted by Crippen LogP contribution is 2.35. The van der Waals surface area contributed by atoms with Crippen LogP contribution in [0.2, 0.25) is 0 Å². The summed E-state index contributed by atoms with van der Waals surface area (Å²) in [6, 6.07) is 5.90. The van der Waals surface area contributed by atoms with E-state index in [9.17, 15) is 13.6 Å². The number of nitrogens with zero attached hydrogens (tertiary/aromatic N) is 1. The van der Waals surface area contributed by atoms with Gasteiger partial charge in [-0.25, -0.2) is 8.78 Å². The molecule has 5 heteroatoms. The number of allylic oxidation sites excluding steroid dienone is 1. The van der Waals surface area contributed by atoms with Crippen molar-refractivity contribution in [2.45, 2.75) is 47.0 Å². The number of nitriles is 1. The predicted molar refractivity (Wildman–Crippen MR) is 101 cm³/mol. The number of carbonyl (C=O) groups excluding carboxylic acids is 1. The fourth-order valence-corrected chi connectivity index (χ4v) is 2.79. The minimum atomic E-state index is -3.15. The van der Waals surface area contributed by atoms with Crippen LogP contribution < -0.4 is 0 Å². The first-order valence-corrected chi connectivity index (χ1v) is 8.37. The zero-order valence-corrected chi connectivity index (χ0v) is 16.1. The summed E-state index contributed by atoms with van der Waals surface area (Å²) in [6.45, 7) is 12.0. The lowest BCUT2D eigenvalue weighted by molar-refractivity contribution is -0.127. The average molecular weight is 363 g/mol. The second kappa shape index (κ2) is 7.53. The number of hydrogen-bond donors (Lipinski definition) is 0. The fourth-order valence-electron chi connectivity index (χ4n) is 2.50. The van der Waals surface area contributed by atoms with Gasteiger partial charge in [-0.2, -0.15) is 5.26 Å². The van der Waals surface area contributed by atoms with Gasteiger partial charge in [-0.05, 0) is 41.0 Å². The van der Waals surface area contributed by atoms with Crippen LogP contribution in [0.1, 0.15) is 57.7 Å². The van der Waals surface area contributed by atoms with Gasteiger partial charge in [0.15, 0.2) is 0 Å². The smallest absolute Gasteiger partial charge is 0.271 e. The largest absolute Gasteiger partial charge is 0.299 e. The molecule has 1 aromatic carbocycles. The highest BCUT2D eigenvalue weighted by atomic mass is 32.1. The van der Waals surface area contributed by atoms with Crippen LogP contribution in [-0.2, 0) is 10.7 Å². The molecule has 0 heterocycles. The van der Waals surface area contributed by atoms with Gasteiger partial charge in [-0.1, -0.05) is 45.6 Å². The van der Waals surface area contributed by atoms with Crippen molar-refractivity contribution in [1.82, 2.24) is 0 Å². The van der Waals surface area contributed by atoms with Crippen LogP contribution in [0.5, 0.6) is 0 Å². The summed E-state index contributed by atoms with van der Waals surface area (Å²) in [5.41, 5.74) is -0.225. The van der Waals surface area contributed by atoms with Crippen LogP contribution in [0.4, 0.5) is 8.78 Å². The highest BCUT2D eigenvalue weighted by molar-refractivity contribution is 7.80. The van der Waals surface area contributed by atoms with E-state index in [1.165, 1.54) is 12.1 Å². The van der Waals surface area contributed by atoms with Crippen molar-refractivity contribution in [2.75, 3.05) is 0 Å². The second-order valence-corrected chi connectivity index (χ2v) is 7.66. The van der Waals surface area contributed by atoms with E-state index in [1.807, 2.05) is 20.8 Å². The third-order valence-electron chi connectivity index (χ3n) is 4.81. The Bertz CT molecular complexity index is 754. The lowest BCUT2D eigenvalue weighted by Gasteiger charge is -2.30. The summed E-state index contributed by atoms with van der Waals surface area (Å²) < 4.78 is 27.5. The van der Waals surface area contributed by atoms with Crippen LogP contribution >= 0.6 is 12.2 Å². The molecule has 0 aliphatic heterocycles. The molecule has 25 heavy (non-hydrogen) atoms. The molecule has 0 fully saturated rings. The summed E-state index contributed by atoms with van der Waals surface area (Å²) in [5.74, 6) is -3.28. The van der Waals surface area contributed by atoms with Crippen molar-refractivity contribution in [3.05, 3.63) is 41.5 Å². The molecule has 0 aliphatic rings. The van der Waals surface area contributed by atoms with Crippen molar-refractivity contribution in [3.63, 3.8) is 0 Å². The van der Waals surface area contributed by atoms with E-state index in [2.05, 4.69) is 6.58 Å². The molecule has 134 valence electrons. The van der Waals surface area contributed by atoms with Gasteiger partial charge in [0.1, 0.15) is 5.78 Å². The summed E-state index contributed by atoms with van der Waals surface area (Å²) >= 11 is 5.19. The Hall–Kier alpha value is -1.93. The van der Waals surface area contributed by atoms with E-state index >= 15 is 0 Å². The van der Waals surface area contributed by atoms with Crippen LogP contribution in [0.15, 0.2) is 24.8 Å². The molecule has 0 amide bonds. The maximum Gasteiger partial charge on any atom is 0.271 e. The van der Waals surface area contributed by atoms with Gasteiger partial charge < -0.3 is 0 Å². The molecule has 2 nitrogen and oxygen atoms in total. The number of alkyl halides is 2. The lowest BCUT2D eigenvalue weighted by Crippen LogP contribution is -2.34. The molecule has 1 rings (SSSR count). The monoisotopic (exact) mass is 363 g/mol. The number of Topliss-reactive ketones (excluding diaryl/α,β-unsaturated/α-hetero) is 1. The van der Waals surface area contributed by atoms with Gasteiger partial charge in [0, 0.05) is 24.3 Å². The third kappa shape index (κ3) is 4.79. The minimum absolute atomic E-state index is 0.0422. The molecule has 0 aliphatic carbocycles. The predicted octanol–water partition coefficient (Wildman–Crippen LogP) is 5.69. The van der Waals surface area contributed by atoms with E-state index in [1.54, 1.807) is 19.1 Å². The number of carbonyl (C=O) groups is 1. The van der Waals surface area contributed by atoms with Gasteiger partial charge in [0.2, 0.25) is 0 Å². The van der Waals surface area contributed by atoms with E-state index in [0.29, 0.717) is 11.1 Å². The molecule has 0 saturated carbocycles. The fraction of sp³-hybridized carbons (Fsp3) is 0.450. The van der Waals surface area contributed by atoms with Gasteiger partial charge >= 0.3 is 0 Å². The second-order valence-electron chi connectivity index (χ2n) is 7.02. The van der Waals surface area contributed by atoms with Crippen molar-refractivity contribution in [1.29, 1.82) is 5.26 Å². The first kappa shape index (κ1) is 21.1. The van der Waals surface area contributed by atoms with E-state index in [0.717, 1.165) is 11.8 Å². The molecule has 0 saturated heterocycles. The maximum absolute atomic E-state index is 13.7. The summed E-state index contributed by atoms with van der Waals surface area (Å²) in [6.07, 6.45) is 0.0422. The van der Waals surface area contributed by atoms with Gasteiger partial charge in [-0.3, -0.25) is 4.79 Å². The van der Waals surface area contributed by atoms with Crippen molar-refractivity contribution < 1.29 is 13.6 Å². The molecule has 0 unspecified atom stereocenters. The van der Waals surface area contributed by atoms with Gasteiger partial charge in [0.25, 0.3) is 5.92 Å². The van der Waals surface area contributed by atoms with Crippen molar-refractivity contribution in [3.8, 4) is 6.07 Å². The van der Waals surface area contributed by atoms with Gasteiger partial charge in [0.05, 0.1) is 11.6 Å². The topological polar surface area (TPSA) is 40.9 Å². The summed E-state index contributed by atoms with van der Waals surface area (Å²) in [5, 5.41) is 9.00. The van der Waals surface area contributed by atoms with E-state index < -0.39 is 11.3 Å². The highest BCUT2D eigenvalue weighted by Gasteiger charge is 2.35. The Labute approximate surface area is 153 Å². The standard InChI is InChI=1S/C20H23F2NOS/c1-12(9-18(24)19(4,5)13(2)14(3)25)15-7-8-16(11-23)17(10-15)20(6,21)22/h7-8,10,13H,1,9H2,2-6H3/t13-/m1/s1. The molecule has 0 N–H and O–H groups in total. The van der Waals surface area contributed by atoms with Crippen molar-refractivity contribution >= 4 is 28.4 Å². The zero-order valence-electron chi connectivity index (χ0n) is 15.2. The Kier molecular flexibility index (Phi) is 6.36. The number of rotatable bonds is 7. The number of halogens is 2. The minimum Gasteiger partial charge on any atom is -0.299 e. The SMILES string of the molecule is C=C(CC(=O)C(C)(C)[C@H](C)C(C)=S)c1ccc(C#N)c(C(C)(F)F)c1. The quantitative estimate of drug-likeness (QED) is 0.584. The molecular formula is C20H23F2NOS. The maximum atomic E-state index is 13.7. The van der Waals surface area contributed by atoms with E-state index in [4.69, 9.17) is 17.5 Å². The van der Waals surface area contributed by atoms with Crippen LogP contribution in [0.25, 0.3) is 5.57 Å². The third-order valence-corrected chi connectivity index (χ3v) is 5.16. The van der Waals surface area contributed by atoms with Gasteiger partial charge in [-0.15, -0.1) is 0 Å². The average Bonchev–Trinajstić information content (AvgIpc) is 2.52. The summed E-state index contributed by atoms with van der Waals surface area (Å²) in [4.78, 5) is 13.4. The zero-order chi connectivity index (χ0) is 19.6. The molecule has 1 atom stereocenters. The van der Waals surface area contributed by atoms with Crippen LogP contribution in [0.3, 0.4) is 0 Å². The normalized spacial score (nSPS) is 13.0. The Morgan fingerprint density at radius 2 is 1.92 bits per heavy atom. The lowest BCUT2D eigenvalue weighted by atomic mass is 9.73. The molecule has 0 aromatic heterocycles. The van der Waals surface area contributed by atoms with E-state index in [-0.39, 0.29) is 29.2 Å². The van der Waals surface area contributed by atoms with Crippen LogP contribution in [-0.4, -0.2) is 10.6 Å². The molecule has 0 bridgehead atoms. The first-order valence-electron chi connectivity index (χ1n) is 7.96. The molecular weight excluding hydrogens is 340 g/mol. The van der Waals surface area contributed by atoms with Crippen LogP contribution in [0, 0.1) is 22.7 Å². The number of hydrogen-bond acceptors (Lipinski definition) is 3. The molecule has 0 spiro atoms. The van der Waals surface area contributed by atoms with Crippen molar-refractivity contribution in [2.24, 2.45) is 11.3 Å². The Balaban J connectivity index is 3.12. The molecule has 0 radical (unpaired) electrons. The number of benzene rings is 1. The summed E-state index contributed by atoms with van der Waals surface area (Å²) in [7, 11) is 0. The Morgan fingerprint density at radius 1 is 1.36 bits per heavy atom. The number of thiocarbonyl (C=S) groups is 1. The Morgan fingerprint density at radius 3 is 2.36 bits per heavy atom.